The van der Waals surface area contributed by atoms with Crippen LogP contribution in [0, 0.1) is 27.7 Å². The van der Waals surface area contributed by atoms with Crippen LogP contribution < -0.4 is 5.32 Å². The molecule has 4 heteroatoms. The number of benzene rings is 1. The average molecular weight is 341 g/mol. The molecule has 1 aromatic carbocycles. The summed E-state index contributed by atoms with van der Waals surface area (Å²) < 4.78 is 1.57. The molecular formula is C21H31N3O. The van der Waals surface area contributed by atoms with Crippen LogP contribution in [0.1, 0.15) is 65.5 Å². The van der Waals surface area contributed by atoms with E-state index >= 15 is 0 Å². The van der Waals surface area contributed by atoms with Gasteiger partial charge in [-0.1, -0.05) is 43.9 Å². The Hall–Kier alpha value is -2.10. The molecule has 136 valence electrons. The number of rotatable bonds is 8. The van der Waals surface area contributed by atoms with Crippen LogP contribution in [-0.4, -0.2) is 22.2 Å². The fraction of sp³-hybridized carbons (Fsp3) is 0.524. The Morgan fingerprint density at radius 3 is 2.56 bits per heavy atom. The standard InChI is InChI=1S/C21H31N3O/c1-6-7-8-9-10-19-17(4)23-24(18(19)5)21(25)14-22-20-12-11-15(2)13-16(20)3/h11-13,22H,6-10,14H2,1-5H3. The fourth-order valence-corrected chi connectivity index (χ4v) is 3.27. The van der Waals surface area contributed by atoms with E-state index in [0.29, 0.717) is 0 Å². The molecule has 25 heavy (non-hydrogen) atoms. The molecule has 1 aromatic heterocycles. The van der Waals surface area contributed by atoms with Crippen molar-refractivity contribution in [2.45, 2.75) is 66.7 Å². The Kier molecular flexibility index (Phi) is 6.80. The minimum absolute atomic E-state index is 0.0135. The number of nitrogens with one attached hydrogen (secondary N) is 1. The third kappa shape index (κ3) is 4.94. The smallest absolute Gasteiger partial charge is 0.266 e. The van der Waals surface area contributed by atoms with E-state index in [1.54, 1.807) is 4.68 Å². The monoisotopic (exact) mass is 341 g/mol. The van der Waals surface area contributed by atoms with Gasteiger partial charge in [0.05, 0.1) is 12.2 Å². The first kappa shape index (κ1) is 19.2. The maximum Gasteiger partial charge on any atom is 0.266 e. The largest absolute Gasteiger partial charge is 0.376 e. The second kappa shape index (κ2) is 8.84. The van der Waals surface area contributed by atoms with Gasteiger partial charge in [-0.15, -0.1) is 0 Å². The number of aromatic nitrogens is 2. The minimum atomic E-state index is -0.0135. The second-order valence-corrected chi connectivity index (χ2v) is 6.94. The summed E-state index contributed by atoms with van der Waals surface area (Å²) in [6.45, 7) is 10.6. The van der Waals surface area contributed by atoms with Crippen LogP contribution >= 0.6 is 0 Å². The molecule has 0 unspecified atom stereocenters. The first-order chi connectivity index (χ1) is 11.9. The highest BCUT2D eigenvalue weighted by Crippen LogP contribution is 2.18. The molecule has 2 aromatic rings. The van der Waals surface area contributed by atoms with Crippen molar-refractivity contribution in [1.82, 2.24) is 9.78 Å². The van der Waals surface area contributed by atoms with E-state index < -0.39 is 0 Å². The first-order valence-electron chi connectivity index (χ1n) is 9.33. The fourth-order valence-electron chi connectivity index (χ4n) is 3.27. The van der Waals surface area contributed by atoms with Gasteiger partial charge < -0.3 is 5.32 Å². The number of carbonyl (C=O) groups excluding carboxylic acids is 1. The molecule has 4 nitrogen and oxygen atoms in total. The lowest BCUT2D eigenvalue weighted by atomic mass is 10.0. The number of anilines is 1. The maximum absolute atomic E-state index is 12.6. The van der Waals surface area contributed by atoms with E-state index in [1.165, 1.54) is 30.4 Å². The molecule has 0 atom stereocenters. The quantitative estimate of drug-likeness (QED) is 0.688. The van der Waals surface area contributed by atoms with Crippen molar-refractivity contribution < 1.29 is 4.79 Å². The van der Waals surface area contributed by atoms with E-state index in [4.69, 9.17) is 0 Å². The van der Waals surface area contributed by atoms with Gasteiger partial charge in [0, 0.05) is 11.4 Å². The van der Waals surface area contributed by atoms with Gasteiger partial charge in [0.2, 0.25) is 0 Å². The molecule has 1 heterocycles. The summed E-state index contributed by atoms with van der Waals surface area (Å²) in [7, 11) is 0. The SMILES string of the molecule is CCCCCCc1c(C)nn(C(=O)CNc2ccc(C)cc2C)c1C. The van der Waals surface area contributed by atoms with Gasteiger partial charge in [-0.3, -0.25) is 4.79 Å². The van der Waals surface area contributed by atoms with Gasteiger partial charge in [0.25, 0.3) is 5.91 Å². The highest BCUT2D eigenvalue weighted by Gasteiger charge is 2.16. The first-order valence-corrected chi connectivity index (χ1v) is 9.33. The van der Waals surface area contributed by atoms with Gasteiger partial charge in [0.15, 0.2) is 0 Å². The van der Waals surface area contributed by atoms with Crippen LogP contribution in [0.2, 0.25) is 0 Å². The summed E-state index contributed by atoms with van der Waals surface area (Å²) in [6.07, 6.45) is 5.92. The summed E-state index contributed by atoms with van der Waals surface area (Å²) in [6, 6.07) is 6.19. The zero-order valence-corrected chi connectivity index (χ0v) is 16.3. The van der Waals surface area contributed by atoms with Crippen molar-refractivity contribution in [2.24, 2.45) is 0 Å². The van der Waals surface area contributed by atoms with Crippen molar-refractivity contribution in [3.63, 3.8) is 0 Å². The molecule has 0 saturated heterocycles. The number of aryl methyl sites for hydroxylation is 3. The van der Waals surface area contributed by atoms with Crippen LogP contribution in [-0.2, 0) is 6.42 Å². The molecule has 0 saturated carbocycles. The van der Waals surface area contributed by atoms with Gasteiger partial charge in [-0.2, -0.15) is 5.10 Å². The highest BCUT2D eigenvalue weighted by molar-refractivity contribution is 5.83. The van der Waals surface area contributed by atoms with Crippen LogP contribution in [0.3, 0.4) is 0 Å². The van der Waals surface area contributed by atoms with Gasteiger partial charge in [0.1, 0.15) is 0 Å². The van der Waals surface area contributed by atoms with Crippen LogP contribution in [0.4, 0.5) is 5.69 Å². The molecule has 0 bridgehead atoms. The summed E-state index contributed by atoms with van der Waals surface area (Å²) >= 11 is 0. The van der Waals surface area contributed by atoms with E-state index in [0.717, 1.165) is 35.5 Å². The zero-order valence-electron chi connectivity index (χ0n) is 16.3. The predicted octanol–water partition coefficient (Wildman–Crippen LogP) is 4.99. The second-order valence-electron chi connectivity index (χ2n) is 6.94. The Morgan fingerprint density at radius 1 is 1.12 bits per heavy atom. The minimum Gasteiger partial charge on any atom is -0.376 e. The Balaban J connectivity index is 2.01. The lowest BCUT2D eigenvalue weighted by Gasteiger charge is -2.10. The molecule has 0 amide bonds. The van der Waals surface area contributed by atoms with Gasteiger partial charge >= 0.3 is 0 Å². The molecule has 0 aliphatic heterocycles. The number of hydrogen-bond acceptors (Lipinski definition) is 3. The molecule has 0 fully saturated rings. The van der Waals surface area contributed by atoms with Crippen LogP contribution in [0.25, 0.3) is 0 Å². The van der Waals surface area contributed by atoms with Crippen LogP contribution in [0.5, 0.6) is 0 Å². The van der Waals surface area contributed by atoms with E-state index in [9.17, 15) is 4.79 Å². The predicted molar refractivity (Wildman–Crippen MR) is 105 cm³/mol. The van der Waals surface area contributed by atoms with Crippen molar-refractivity contribution in [3.8, 4) is 0 Å². The molecule has 2 rings (SSSR count). The number of hydrogen-bond donors (Lipinski definition) is 1. The number of carbonyl (C=O) groups is 1. The van der Waals surface area contributed by atoms with E-state index in [-0.39, 0.29) is 12.5 Å². The Labute approximate surface area is 151 Å². The summed E-state index contributed by atoms with van der Waals surface area (Å²) in [5, 5.41) is 7.73. The van der Waals surface area contributed by atoms with Crippen molar-refractivity contribution >= 4 is 11.6 Å². The highest BCUT2D eigenvalue weighted by atomic mass is 16.2. The van der Waals surface area contributed by atoms with Crippen molar-refractivity contribution in [2.75, 3.05) is 11.9 Å². The number of nitrogens with zero attached hydrogens (tertiary/aromatic N) is 2. The van der Waals surface area contributed by atoms with Crippen molar-refractivity contribution in [3.05, 3.63) is 46.3 Å². The molecule has 0 aliphatic rings. The van der Waals surface area contributed by atoms with Gasteiger partial charge in [-0.05, 0) is 57.7 Å². The molecular weight excluding hydrogens is 310 g/mol. The third-order valence-electron chi connectivity index (χ3n) is 4.77. The van der Waals surface area contributed by atoms with E-state index in [1.807, 2.05) is 19.9 Å². The average Bonchev–Trinajstić information content (AvgIpc) is 2.85. The zero-order chi connectivity index (χ0) is 18.4. The normalized spacial score (nSPS) is 10.9. The topological polar surface area (TPSA) is 46.9 Å². The van der Waals surface area contributed by atoms with Crippen LogP contribution in [0.15, 0.2) is 18.2 Å². The number of unbranched alkanes of at least 4 members (excludes halogenated alkanes) is 3. The molecule has 0 radical (unpaired) electrons. The molecule has 0 spiro atoms. The Morgan fingerprint density at radius 2 is 1.88 bits per heavy atom. The third-order valence-corrected chi connectivity index (χ3v) is 4.77. The molecule has 1 N–H and O–H groups in total. The summed E-state index contributed by atoms with van der Waals surface area (Å²) in [5.74, 6) is -0.0135. The Bertz CT molecular complexity index is 731. The summed E-state index contributed by atoms with van der Waals surface area (Å²) in [4.78, 5) is 12.6. The lowest BCUT2D eigenvalue weighted by molar-refractivity contribution is 0.0910. The summed E-state index contributed by atoms with van der Waals surface area (Å²) in [5.41, 5.74) is 6.57. The molecule has 0 aliphatic carbocycles. The van der Waals surface area contributed by atoms with Crippen molar-refractivity contribution in [1.29, 1.82) is 0 Å². The van der Waals surface area contributed by atoms with E-state index in [2.05, 4.69) is 43.3 Å². The lowest BCUT2D eigenvalue weighted by Crippen LogP contribution is -2.23. The van der Waals surface area contributed by atoms with Gasteiger partial charge in [-0.25, -0.2) is 4.68 Å². The maximum atomic E-state index is 12.6.